The predicted octanol–water partition coefficient (Wildman–Crippen LogP) is 0.866. The Morgan fingerprint density at radius 3 is 2.62 bits per heavy atom. The Bertz CT molecular complexity index is 639. The third kappa shape index (κ3) is 5.47. The van der Waals surface area contributed by atoms with E-state index in [1.807, 2.05) is 0 Å². The van der Waals surface area contributed by atoms with Crippen molar-refractivity contribution in [3.63, 3.8) is 0 Å². The average molecular weight is 356 g/mol. The van der Waals surface area contributed by atoms with Crippen molar-refractivity contribution < 1.29 is 22.7 Å². The molecule has 1 amide bonds. The lowest BCUT2D eigenvalue weighted by molar-refractivity contribution is 0.0911. The Balaban J connectivity index is 1.85. The molecule has 1 aliphatic rings. The molecule has 0 aromatic heterocycles. The van der Waals surface area contributed by atoms with Gasteiger partial charge in [-0.3, -0.25) is 4.79 Å². The van der Waals surface area contributed by atoms with Crippen LogP contribution in [0, 0.1) is 0 Å². The van der Waals surface area contributed by atoms with Crippen molar-refractivity contribution in [3.8, 4) is 5.75 Å². The van der Waals surface area contributed by atoms with Crippen LogP contribution in [0.25, 0.3) is 0 Å². The number of nitrogens with zero attached hydrogens (tertiary/aromatic N) is 1. The lowest BCUT2D eigenvalue weighted by Gasteiger charge is -2.23. The maximum atomic E-state index is 12.1. The first-order chi connectivity index (χ1) is 11.4. The number of ether oxygens (including phenoxy) is 2. The fourth-order valence-corrected chi connectivity index (χ4v) is 3.41. The summed E-state index contributed by atoms with van der Waals surface area (Å²) in [4.78, 5) is 12.1. The van der Waals surface area contributed by atoms with E-state index in [0.717, 1.165) is 12.8 Å². The Kier molecular flexibility index (Phi) is 6.59. The third-order valence-electron chi connectivity index (χ3n) is 3.90. The number of hydrogen-bond acceptors (Lipinski definition) is 5. The first kappa shape index (κ1) is 18.7. The zero-order valence-electron chi connectivity index (χ0n) is 14.0. The Hall–Kier alpha value is -1.64. The highest BCUT2D eigenvalue weighted by Gasteiger charge is 2.24. The van der Waals surface area contributed by atoms with E-state index in [0.29, 0.717) is 24.5 Å². The molecule has 1 unspecified atom stereocenters. The topological polar surface area (TPSA) is 84.9 Å². The molecular formula is C16H24N2O5S. The lowest BCUT2D eigenvalue weighted by Crippen LogP contribution is -2.41. The molecule has 134 valence electrons. The van der Waals surface area contributed by atoms with E-state index in [1.54, 1.807) is 31.4 Å². The summed E-state index contributed by atoms with van der Waals surface area (Å²) < 4.78 is 35.7. The van der Waals surface area contributed by atoms with Gasteiger partial charge in [-0.05, 0) is 37.1 Å². The zero-order chi connectivity index (χ0) is 17.6. The van der Waals surface area contributed by atoms with Gasteiger partial charge in [0, 0.05) is 31.8 Å². The molecule has 1 aromatic carbocycles. The zero-order valence-corrected chi connectivity index (χ0v) is 14.8. The molecule has 1 atom stereocenters. The smallest absolute Gasteiger partial charge is 0.251 e. The molecule has 1 aliphatic heterocycles. The number of carbonyl (C=O) groups is 1. The number of rotatable bonds is 8. The van der Waals surface area contributed by atoms with Crippen LogP contribution >= 0.6 is 0 Å². The van der Waals surface area contributed by atoms with Crippen LogP contribution in [-0.4, -0.2) is 64.3 Å². The highest BCUT2D eigenvalue weighted by atomic mass is 32.2. The van der Waals surface area contributed by atoms with Crippen LogP contribution in [0.4, 0.5) is 0 Å². The van der Waals surface area contributed by atoms with Crippen LogP contribution in [0.5, 0.6) is 5.75 Å². The van der Waals surface area contributed by atoms with Gasteiger partial charge in [0.05, 0.1) is 19.5 Å². The average Bonchev–Trinajstić information content (AvgIpc) is 3.06. The number of carbonyl (C=O) groups excluding carboxylic acids is 1. The number of amides is 1. The number of sulfonamides is 1. The van der Waals surface area contributed by atoms with Gasteiger partial charge >= 0.3 is 0 Å². The van der Waals surface area contributed by atoms with E-state index < -0.39 is 10.0 Å². The van der Waals surface area contributed by atoms with Gasteiger partial charge in [0.25, 0.3) is 5.91 Å². The minimum absolute atomic E-state index is 0.0583. The van der Waals surface area contributed by atoms with Crippen molar-refractivity contribution in [2.45, 2.75) is 18.9 Å². The van der Waals surface area contributed by atoms with E-state index in [9.17, 15) is 13.2 Å². The van der Waals surface area contributed by atoms with E-state index in [2.05, 4.69) is 5.32 Å². The molecule has 7 nitrogen and oxygen atoms in total. The van der Waals surface area contributed by atoms with E-state index in [-0.39, 0.29) is 25.1 Å². The molecule has 1 saturated heterocycles. The second-order valence-electron chi connectivity index (χ2n) is 5.74. The Labute approximate surface area is 143 Å². The largest absolute Gasteiger partial charge is 0.497 e. The first-order valence-electron chi connectivity index (χ1n) is 7.89. The summed E-state index contributed by atoms with van der Waals surface area (Å²) in [6, 6.07) is 6.73. The summed E-state index contributed by atoms with van der Waals surface area (Å²) in [5.74, 6) is 0.426. The van der Waals surface area contributed by atoms with Gasteiger partial charge in [-0.2, -0.15) is 4.31 Å². The highest BCUT2D eigenvalue weighted by molar-refractivity contribution is 7.88. The van der Waals surface area contributed by atoms with Crippen LogP contribution in [0.3, 0.4) is 0 Å². The number of methoxy groups -OCH3 is 1. The predicted molar refractivity (Wildman–Crippen MR) is 90.7 cm³/mol. The number of benzene rings is 1. The molecule has 0 spiro atoms. The maximum absolute atomic E-state index is 12.1. The van der Waals surface area contributed by atoms with Crippen molar-refractivity contribution in [3.05, 3.63) is 29.8 Å². The number of nitrogens with one attached hydrogen (secondary N) is 1. The Morgan fingerprint density at radius 1 is 1.38 bits per heavy atom. The third-order valence-corrected chi connectivity index (χ3v) is 5.17. The van der Waals surface area contributed by atoms with Crippen LogP contribution in [-0.2, 0) is 14.8 Å². The Morgan fingerprint density at radius 2 is 2.08 bits per heavy atom. The first-order valence-corrected chi connectivity index (χ1v) is 9.74. The second kappa shape index (κ2) is 8.46. The molecule has 0 saturated carbocycles. The van der Waals surface area contributed by atoms with Gasteiger partial charge in [0.1, 0.15) is 5.75 Å². The van der Waals surface area contributed by atoms with E-state index in [1.165, 1.54) is 10.6 Å². The quantitative estimate of drug-likeness (QED) is 0.747. The van der Waals surface area contributed by atoms with Gasteiger partial charge in [-0.1, -0.05) is 0 Å². The van der Waals surface area contributed by atoms with Crippen molar-refractivity contribution >= 4 is 15.9 Å². The molecule has 0 bridgehead atoms. The SMILES string of the molecule is COc1ccc(C(=O)NCCN(CC2CCCO2)S(C)(=O)=O)cc1. The normalized spacial score (nSPS) is 17.9. The second-order valence-corrected chi connectivity index (χ2v) is 7.72. The highest BCUT2D eigenvalue weighted by Crippen LogP contribution is 2.15. The monoisotopic (exact) mass is 356 g/mol. The molecule has 1 heterocycles. The van der Waals surface area contributed by atoms with E-state index >= 15 is 0 Å². The lowest BCUT2D eigenvalue weighted by atomic mass is 10.2. The molecule has 0 aliphatic carbocycles. The standard InChI is InChI=1S/C16H24N2O5S/c1-22-14-7-5-13(6-8-14)16(19)17-9-10-18(24(2,20)21)12-15-4-3-11-23-15/h5-8,15H,3-4,9-12H2,1-2H3,(H,17,19). The molecule has 8 heteroatoms. The van der Waals surface area contributed by atoms with Crippen LogP contribution in [0.1, 0.15) is 23.2 Å². The minimum Gasteiger partial charge on any atom is -0.497 e. The van der Waals surface area contributed by atoms with Gasteiger partial charge < -0.3 is 14.8 Å². The summed E-state index contributed by atoms with van der Waals surface area (Å²) in [7, 11) is -1.78. The molecule has 1 N–H and O–H groups in total. The van der Waals surface area contributed by atoms with Crippen LogP contribution < -0.4 is 10.1 Å². The maximum Gasteiger partial charge on any atom is 0.251 e. The summed E-state index contributed by atoms with van der Waals surface area (Å²) in [6.07, 6.45) is 2.94. The molecule has 0 radical (unpaired) electrons. The van der Waals surface area contributed by atoms with Gasteiger partial charge in [-0.15, -0.1) is 0 Å². The van der Waals surface area contributed by atoms with E-state index in [4.69, 9.17) is 9.47 Å². The van der Waals surface area contributed by atoms with Gasteiger partial charge in [0.2, 0.25) is 10.0 Å². The van der Waals surface area contributed by atoms with Gasteiger partial charge in [0.15, 0.2) is 0 Å². The summed E-state index contributed by atoms with van der Waals surface area (Å²) in [6.45, 7) is 1.47. The van der Waals surface area contributed by atoms with Crippen LogP contribution in [0.2, 0.25) is 0 Å². The fraction of sp³-hybridized carbons (Fsp3) is 0.562. The molecular weight excluding hydrogens is 332 g/mol. The van der Waals surface area contributed by atoms with Crippen molar-refractivity contribution in [1.82, 2.24) is 9.62 Å². The van der Waals surface area contributed by atoms with Crippen molar-refractivity contribution in [2.24, 2.45) is 0 Å². The molecule has 2 rings (SSSR count). The minimum atomic E-state index is -3.34. The number of hydrogen-bond donors (Lipinski definition) is 1. The van der Waals surface area contributed by atoms with Gasteiger partial charge in [-0.25, -0.2) is 8.42 Å². The molecule has 1 fully saturated rings. The summed E-state index contributed by atoms with van der Waals surface area (Å²) in [5, 5.41) is 2.74. The fourth-order valence-electron chi connectivity index (χ4n) is 2.55. The molecule has 24 heavy (non-hydrogen) atoms. The molecule has 1 aromatic rings. The van der Waals surface area contributed by atoms with Crippen molar-refractivity contribution in [2.75, 3.05) is 39.6 Å². The van der Waals surface area contributed by atoms with Crippen molar-refractivity contribution in [1.29, 1.82) is 0 Å². The summed E-state index contributed by atoms with van der Waals surface area (Å²) >= 11 is 0. The summed E-state index contributed by atoms with van der Waals surface area (Å²) in [5.41, 5.74) is 0.501. The van der Waals surface area contributed by atoms with Crippen LogP contribution in [0.15, 0.2) is 24.3 Å².